The van der Waals surface area contributed by atoms with E-state index in [-0.39, 0.29) is 13.1 Å². The molecule has 0 saturated carbocycles. The Morgan fingerprint density at radius 1 is 1.65 bits per heavy atom. The van der Waals surface area contributed by atoms with E-state index >= 15 is 0 Å². The molecule has 1 amide bonds. The monoisotopic (exact) mass is 241 g/mol. The van der Waals surface area contributed by atoms with Gasteiger partial charge in [-0.15, -0.1) is 6.58 Å². The van der Waals surface area contributed by atoms with Crippen LogP contribution in [0.25, 0.3) is 0 Å². The zero-order valence-corrected chi connectivity index (χ0v) is 9.04. The summed E-state index contributed by atoms with van der Waals surface area (Å²) in [5.41, 5.74) is 5.01. The molecule has 2 atom stereocenters. The van der Waals surface area contributed by atoms with Gasteiger partial charge in [0.05, 0.1) is 6.54 Å². The van der Waals surface area contributed by atoms with Crippen molar-refractivity contribution in [2.45, 2.75) is 12.0 Å². The Hall–Kier alpha value is -2.21. The number of carbonyl (C=O) groups is 2. The van der Waals surface area contributed by atoms with Crippen molar-refractivity contribution in [2.24, 2.45) is 11.0 Å². The second kappa shape index (κ2) is 4.75. The molecule has 0 aromatic heterocycles. The van der Waals surface area contributed by atoms with Crippen LogP contribution in [0.3, 0.4) is 0 Å². The third-order valence-electron chi connectivity index (χ3n) is 2.87. The van der Waals surface area contributed by atoms with E-state index in [0.717, 1.165) is 4.90 Å². The van der Waals surface area contributed by atoms with E-state index in [2.05, 4.69) is 16.6 Å². The molecule has 1 aliphatic heterocycles. The Balaban J connectivity index is 3.14. The maximum absolute atomic E-state index is 11.3. The van der Waals surface area contributed by atoms with Crippen molar-refractivity contribution in [3.8, 4) is 0 Å². The topological polar surface area (TPSA) is 128 Å². The van der Waals surface area contributed by atoms with Gasteiger partial charge in [0.25, 0.3) is 5.54 Å². The predicted molar refractivity (Wildman–Crippen MR) is 55.6 cm³/mol. The van der Waals surface area contributed by atoms with Crippen LogP contribution in [0.1, 0.15) is 6.42 Å². The van der Waals surface area contributed by atoms with Crippen molar-refractivity contribution >= 4 is 12.1 Å². The highest BCUT2D eigenvalue weighted by Crippen LogP contribution is 2.34. The average Bonchev–Trinajstić information content (AvgIpc) is 2.60. The van der Waals surface area contributed by atoms with Gasteiger partial charge < -0.3 is 15.1 Å². The minimum atomic E-state index is -1.67. The number of nitrogens with zero attached hydrogens (tertiary/aromatic N) is 3. The number of hydrogen-bond donors (Lipinski definition) is 3. The van der Waals surface area contributed by atoms with Crippen LogP contribution in [-0.4, -0.2) is 45.8 Å². The van der Waals surface area contributed by atoms with E-state index in [4.69, 9.17) is 10.6 Å². The van der Waals surface area contributed by atoms with E-state index in [1.807, 2.05) is 0 Å². The third kappa shape index (κ3) is 2.16. The summed E-state index contributed by atoms with van der Waals surface area (Å²) in [7, 11) is 0. The number of allylic oxidation sites excluding steroid dienone is 1. The number of carboxylic acids is 1. The molecule has 0 aliphatic carbocycles. The molecule has 0 radical (unpaired) electrons. The van der Waals surface area contributed by atoms with E-state index < -0.39 is 23.5 Å². The van der Waals surface area contributed by atoms with E-state index in [0.29, 0.717) is 6.42 Å². The van der Waals surface area contributed by atoms with Gasteiger partial charge in [0.1, 0.15) is 10.6 Å². The number of aliphatic carboxylic acids is 1. The van der Waals surface area contributed by atoms with Crippen LogP contribution in [-0.2, 0) is 4.79 Å². The molecule has 1 rings (SSSR count). The summed E-state index contributed by atoms with van der Waals surface area (Å²) < 4.78 is 0. The maximum Gasteiger partial charge on any atom is 0.407 e. The lowest BCUT2D eigenvalue weighted by Gasteiger charge is -2.17. The molecule has 0 aromatic carbocycles. The minimum absolute atomic E-state index is 0.0483. The van der Waals surface area contributed by atoms with Crippen molar-refractivity contribution in [3.63, 3.8) is 0 Å². The van der Waals surface area contributed by atoms with Gasteiger partial charge in [0.15, 0.2) is 0 Å². The molecular weight excluding hydrogens is 228 g/mol. The Morgan fingerprint density at radius 2 is 2.29 bits per heavy atom. The van der Waals surface area contributed by atoms with Gasteiger partial charge in [-0.2, -0.15) is 0 Å². The molecule has 8 nitrogen and oxygen atoms in total. The summed E-state index contributed by atoms with van der Waals surface area (Å²) in [5, 5.41) is 21.5. The van der Waals surface area contributed by atoms with Crippen molar-refractivity contribution in [2.75, 3.05) is 13.1 Å². The van der Waals surface area contributed by atoms with Crippen molar-refractivity contribution in [1.29, 1.82) is 5.53 Å². The molecule has 3 N–H and O–H groups in total. The second-order valence-corrected chi connectivity index (χ2v) is 3.81. The summed E-state index contributed by atoms with van der Waals surface area (Å²) in [6, 6.07) is 0. The molecule has 1 heterocycles. The van der Waals surface area contributed by atoms with Gasteiger partial charge in [-0.25, -0.2) is 9.59 Å². The van der Waals surface area contributed by atoms with Gasteiger partial charge in [0.2, 0.25) is 4.91 Å². The maximum atomic E-state index is 11.3. The van der Waals surface area contributed by atoms with Crippen LogP contribution in [0.5, 0.6) is 0 Å². The Labute approximate surface area is 96.8 Å². The summed E-state index contributed by atoms with van der Waals surface area (Å²) in [4.78, 5) is 25.9. The SMILES string of the molecule is C=CC[C@H]1CN(C(=O)O)C[C@@]1(N=[N+]=N)C(=O)O. The van der Waals surface area contributed by atoms with Crippen molar-refractivity contribution < 1.29 is 19.8 Å². The normalized spacial score (nSPS) is 27.3. The number of likely N-dealkylation sites (tertiary alicyclic amines) is 1. The molecular formula is C9H13N4O4+. The van der Waals surface area contributed by atoms with Crippen LogP contribution in [0, 0.1) is 11.4 Å². The van der Waals surface area contributed by atoms with Crippen LogP contribution in [0.15, 0.2) is 17.8 Å². The third-order valence-corrected chi connectivity index (χ3v) is 2.87. The highest BCUT2D eigenvalue weighted by atomic mass is 16.4. The number of rotatable bonds is 4. The van der Waals surface area contributed by atoms with Gasteiger partial charge in [-0.1, -0.05) is 6.08 Å². The molecule has 92 valence electrons. The van der Waals surface area contributed by atoms with Gasteiger partial charge in [-0.05, 0) is 6.42 Å². The molecule has 0 bridgehead atoms. The molecule has 0 spiro atoms. The summed E-state index contributed by atoms with van der Waals surface area (Å²) in [5.74, 6) is -1.83. The highest BCUT2D eigenvalue weighted by Gasteiger charge is 2.58. The second-order valence-electron chi connectivity index (χ2n) is 3.81. The van der Waals surface area contributed by atoms with Crippen molar-refractivity contribution in [1.82, 2.24) is 9.81 Å². The smallest absolute Gasteiger partial charge is 0.407 e. The minimum Gasteiger partial charge on any atom is -0.479 e. The number of carboxylic acid groups (broad SMARTS) is 2. The molecule has 0 aromatic rings. The van der Waals surface area contributed by atoms with Crippen LogP contribution >= 0.6 is 0 Å². The molecule has 17 heavy (non-hydrogen) atoms. The van der Waals surface area contributed by atoms with Gasteiger partial charge in [-0.3, -0.25) is 0 Å². The standard InChI is InChI=1S/C9H12N4O4/c1-2-3-6-4-13(8(16)17)5-9(6,7(14)15)11-12-10/h2,6,10H,1,3-5H2,(H-,14,15,16,17)/p+1/t6-,9-/m0/s1. The number of nitrogens with one attached hydrogen (secondary N) is 1. The first kappa shape index (κ1) is 12.9. The summed E-state index contributed by atoms with van der Waals surface area (Å²) >= 11 is 0. The van der Waals surface area contributed by atoms with Gasteiger partial charge in [0, 0.05) is 12.5 Å². The number of hydrogen-bond acceptors (Lipinski definition) is 4. The fourth-order valence-electron chi connectivity index (χ4n) is 2.01. The predicted octanol–water partition coefficient (Wildman–Crippen LogP) is 0.546. The zero-order chi connectivity index (χ0) is 13.1. The lowest BCUT2D eigenvalue weighted by Crippen LogP contribution is -2.45. The molecule has 1 aliphatic rings. The molecule has 8 heteroatoms. The van der Waals surface area contributed by atoms with Crippen LogP contribution in [0.2, 0.25) is 0 Å². The first-order chi connectivity index (χ1) is 7.97. The fraction of sp³-hybridized carbons (Fsp3) is 0.556. The molecule has 0 unspecified atom stereocenters. The van der Waals surface area contributed by atoms with Crippen LogP contribution < -0.4 is 4.91 Å². The highest BCUT2D eigenvalue weighted by molar-refractivity contribution is 5.82. The lowest BCUT2D eigenvalue weighted by atomic mass is 9.85. The van der Waals surface area contributed by atoms with Gasteiger partial charge >= 0.3 is 12.1 Å². The van der Waals surface area contributed by atoms with E-state index in [1.165, 1.54) is 6.08 Å². The largest absolute Gasteiger partial charge is 0.479 e. The molecule has 1 fully saturated rings. The first-order valence-corrected chi connectivity index (χ1v) is 4.88. The van der Waals surface area contributed by atoms with E-state index in [9.17, 15) is 14.7 Å². The quantitative estimate of drug-likeness (QED) is 0.377. The zero-order valence-electron chi connectivity index (χ0n) is 9.04. The number of amides is 1. The Morgan fingerprint density at radius 3 is 2.71 bits per heavy atom. The van der Waals surface area contributed by atoms with E-state index in [1.54, 1.807) is 0 Å². The summed E-state index contributed by atoms with van der Waals surface area (Å²) in [6.07, 6.45) is 0.602. The molecule has 1 saturated heterocycles. The summed E-state index contributed by atoms with van der Waals surface area (Å²) in [6.45, 7) is 3.26. The Kier molecular flexibility index (Phi) is 3.59. The van der Waals surface area contributed by atoms with Crippen molar-refractivity contribution in [3.05, 3.63) is 12.7 Å². The Bertz CT molecular complexity index is 400. The first-order valence-electron chi connectivity index (χ1n) is 4.88. The average molecular weight is 241 g/mol. The lowest BCUT2D eigenvalue weighted by molar-refractivity contribution is -0.144. The fourth-order valence-corrected chi connectivity index (χ4v) is 2.01. The van der Waals surface area contributed by atoms with Crippen LogP contribution in [0.4, 0.5) is 4.79 Å².